The van der Waals surface area contributed by atoms with E-state index in [1.807, 2.05) is 0 Å². The Bertz CT molecular complexity index is 1080. The SMILES string of the molecule is Cn1c(=O)c2ncn(C[C@H]3OC[C@@H](NC(=O)C4CCCCC4)[C@H](O)[C@@H]3O)c2n(C)c1=O. The number of aryl methyl sites for hydroxylation is 1. The van der Waals surface area contributed by atoms with E-state index >= 15 is 0 Å². The molecular formula is C20H29N5O6. The highest BCUT2D eigenvalue weighted by Crippen LogP contribution is 2.25. The Hall–Kier alpha value is -2.50. The number of aromatic nitrogens is 4. The Morgan fingerprint density at radius 1 is 1.16 bits per heavy atom. The molecular weight excluding hydrogens is 406 g/mol. The second kappa shape index (κ2) is 8.56. The molecule has 1 aliphatic heterocycles. The van der Waals surface area contributed by atoms with Crippen LogP contribution in [-0.2, 0) is 30.2 Å². The fourth-order valence-electron chi connectivity index (χ4n) is 4.60. The molecule has 1 amide bonds. The summed E-state index contributed by atoms with van der Waals surface area (Å²) in [4.78, 5) is 41.2. The Balaban J connectivity index is 1.47. The monoisotopic (exact) mass is 435 g/mol. The first-order chi connectivity index (χ1) is 14.8. The molecule has 0 spiro atoms. The van der Waals surface area contributed by atoms with Gasteiger partial charge in [0.15, 0.2) is 5.52 Å². The molecule has 2 aromatic heterocycles. The second-order valence-electron chi connectivity index (χ2n) is 8.58. The zero-order valence-corrected chi connectivity index (χ0v) is 17.7. The number of hydrogen-bond donors (Lipinski definition) is 3. The van der Waals surface area contributed by atoms with Crippen molar-refractivity contribution in [3.8, 4) is 0 Å². The van der Waals surface area contributed by atoms with Crippen molar-refractivity contribution in [1.82, 2.24) is 24.0 Å². The van der Waals surface area contributed by atoms with E-state index in [2.05, 4.69) is 10.3 Å². The first-order valence-electron chi connectivity index (χ1n) is 10.7. The molecule has 1 saturated heterocycles. The standard InChI is InChI=1S/C20H29N5O6/c1-23-18-14(19(29)24(2)20(23)30)21-10-25(18)8-13-16(27)15(26)12(9-31-13)22-17(28)11-6-4-3-5-7-11/h10-13,15-16,26-27H,3-9H2,1-2H3,(H,22,28)/t12-,13-,15+,16-/m1/s1. The van der Waals surface area contributed by atoms with Crippen molar-refractivity contribution in [2.24, 2.45) is 20.0 Å². The highest BCUT2D eigenvalue weighted by Gasteiger charge is 2.40. The van der Waals surface area contributed by atoms with E-state index in [1.165, 1.54) is 25.0 Å². The number of imidazole rings is 1. The summed E-state index contributed by atoms with van der Waals surface area (Å²) in [6.07, 6.45) is 3.02. The highest BCUT2D eigenvalue weighted by atomic mass is 16.5. The van der Waals surface area contributed by atoms with Crippen molar-refractivity contribution < 1.29 is 19.7 Å². The minimum Gasteiger partial charge on any atom is -0.388 e. The van der Waals surface area contributed by atoms with Crippen LogP contribution in [0.3, 0.4) is 0 Å². The summed E-state index contributed by atoms with van der Waals surface area (Å²) in [5.41, 5.74) is -0.554. The zero-order valence-electron chi connectivity index (χ0n) is 17.7. The van der Waals surface area contributed by atoms with Gasteiger partial charge >= 0.3 is 5.69 Å². The van der Waals surface area contributed by atoms with Crippen molar-refractivity contribution in [3.05, 3.63) is 27.2 Å². The Kier molecular flexibility index (Phi) is 6.00. The third-order valence-electron chi connectivity index (χ3n) is 6.52. The summed E-state index contributed by atoms with van der Waals surface area (Å²) in [5.74, 6) is -0.165. The van der Waals surface area contributed by atoms with E-state index in [0.717, 1.165) is 36.7 Å². The maximum Gasteiger partial charge on any atom is 0.332 e. The van der Waals surface area contributed by atoms with E-state index in [1.54, 1.807) is 4.57 Å². The van der Waals surface area contributed by atoms with E-state index in [4.69, 9.17) is 4.74 Å². The summed E-state index contributed by atoms with van der Waals surface area (Å²) in [6, 6.07) is -0.697. The predicted octanol–water partition coefficient (Wildman–Crippen LogP) is -1.38. The molecule has 1 aliphatic carbocycles. The highest BCUT2D eigenvalue weighted by molar-refractivity contribution is 5.79. The Morgan fingerprint density at radius 2 is 1.87 bits per heavy atom. The molecule has 3 heterocycles. The molecule has 0 unspecified atom stereocenters. The lowest BCUT2D eigenvalue weighted by molar-refractivity contribution is -0.159. The molecule has 11 heteroatoms. The number of carbonyl (C=O) groups is 1. The number of nitrogens with zero attached hydrogens (tertiary/aromatic N) is 4. The van der Waals surface area contributed by atoms with Crippen molar-refractivity contribution >= 4 is 17.1 Å². The minimum atomic E-state index is -1.26. The van der Waals surface area contributed by atoms with Crippen LogP contribution in [0.25, 0.3) is 11.2 Å². The summed E-state index contributed by atoms with van der Waals surface area (Å²) in [5, 5.41) is 24.1. The van der Waals surface area contributed by atoms with Gasteiger partial charge in [-0.2, -0.15) is 0 Å². The van der Waals surface area contributed by atoms with E-state index in [0.29, 0.717) is 5.65 Å². The number of aliphatic hydroxyl groups excluding tert-OH is 2. The van der Waals surface area contributed by atoms with Gasteiger partial charge in [0.05, 0.1) is 25.5 Å². The van der Waals surface area contributed by atoms with Gasteiger partial charge in [-0.05, 0) is 12.8 Å². The zero-order chi connectivity index (χ0) is 22.3. The van der Waals surface area contributed by atoms with Crippen LogP contribution >= 0.6 is 0 Å². The lowest BCUT2D eigenvalue weighted by Crippen LogP contribution is -2.60. The molecule has 2 aliphatic rings. The number of rotatable bonds is 4. The van der Waals surface area contributed by atoms with E-state index in [-0.39, 0.29) is 30.5 Å². The van der Waals surface area contributed by atoms with Crippen molar-refractivity contribution in [3.63, 3.8) is 0 Å². The third-order valence-corrected chi connectivity index (χ3v) is 6.52. The molecule has 2 fully saturated rings. The molecule has 2 aromatic rings. The average molecular weight is 435 g/mol. The number of carbonyl (C=O) groups excluding carboxylic acids is 1. The lowest BCUT2D eigenvalue weighted by atomic mass is 9.88. The summed E-state index contributed by atoms with van der Waals surface area (Å²) in [6.45, 7) is 0.132. The maximum absolute atomic E-state index is 12.5. The van der Waals surface area contributed by atoms with Crippen molar-refractivity contribution in [2.75, 3.05) is 6.61 Å². The van der Waals surface area contributed by atoms with Gasteiger partial charge in [-0.25, -0.2) is 9.78 Å². The van der Waals surface area contributed by atoms with Crippen molar-refractivity contribution in [1.29, 1.82) is 0 Å². The molecule has 4 rings (SSSR count). The Morgan fingerprint density at radius 3 is 2.58 bits per heavy atom. The number of amides is 1. The van der Waals surface area contributed by atoms with Crippen LogP contribution in [0.5, 0.6) is 0 Å². The normalized spacial score (nSPS) is 27.5. The van der Waals surface area contributed by atoms with Gasteiger partial charge in [0.25, 0.3) is 5.56 Å². The Labute approximate surface area is 178 Å². The van der Waals surface area contributed by atoms with Crippen LogP contribution in [0.2, 0.25) is 0 Å². The molecule has 0 radical (unpaired) electrons. The second-order valence-corrected chi connectivity index (χ2v) is 8.58. The quantitative estimate of drug-likeness (QED) is 0.538. The van der Waals surface area contributed by atoms with Gasteiger partial charge in [-0.1, -0.05) is 19.3 Å². The largest absolute Gasteiger partial charge is 0.388 e. The third kappa shape index (κ3) is 3.92. The fraction of sp³-hybridized carbons (Fsp3) is 0.700. The molecule has 0 bridgehead atoms. The number of hydrogen-bond acceptors (Lipinski definition) is 7. The van der Waals surface area contributed by atoms with Gasteiger partial charge in [-0.3, -0.25) is 18.7 Å². The molecule has 11 nitrogen and oxygen atoms in total. The van der Waals surface area contributed by atoms with Crippen LogP contribution in [0.15, 0.2) is 15.9 Å². The summed E-state index contributed by atoms with van der Waals surface area (Å²) in [7, 11) is 2.92. The van der Waals surface area contributed by atoms with Crippen LogP contribution in [-0.4, -0.2) is 65.8 Å². The summed E-state index contributed by atoms with van der Waals surface area (Å²) < 4.78 is 9.61. The number of fused-ring (bicyclic) bond motifs is 1. The molecule has 3 N–H and O–H groups in total. The van der Waals surface area contributed by atoms with Crippen LogP contribution in [0.4, 0.5) is 0 Å². The first kappa shape index (κ1) is 21.7. The molecule has 0 aromatic carbocycles. The van der Waals surface area contributed by atoms with Crippen molar-refractivity contribution in [2.45, 2.75) is 63.0 Å². The smallest absolute Gasteiger partial charge is 0.332 e. The van der Waals surface area contributed by atoms with Gasteiger partial charge in [0, 0.05) is 20.0 Å². The van der Waals surface area contributed by atoms with Crippen LogP contribution in [0, 0.1) is 5.92 Å². The van der Waals surface area contributed by atoms with Gasteiger partial charge in [0.1, 0.15) is 24.0 Å². The topological polar surface area (TPSA) is 141 Å². The van der Waals surface area contributed by atoms with Gasteiger partial charge < -0.3 is 24.8 Å². The first-order valence-corrected chi connectivity index (χ1v) is 10.7. The van der Waals surface area contributed by atoms with Gasteiger partial charge in [0.2, 0.25) is 5.91 Å². The minimum absolute atomic E-state index is 0.0503. The van der Waals surface area contributed by atoms with Gasteiger partial charge in [-0.15, -0.1) is 0 Å². The fourth-order valence-corrected chi connectivity index (χ4v) is 4.60. The predicted molar refractivity (Wildman–Crippen MR) is 110 cm³/mol. The van der Waals surface area contributed by atoms with E-state index in [9.17, 15) is 24.6 Å². The van der Waals surface area contributed by atoms with E-state index < -0.39 is 35.6 Å². The average Bonchev–Trinajstić information content (AvgIpc) is 3.20. The summed E-state index contributed by atoms with van der Waals surface area (Å²) >= 11 is 0. The van der Waals surface area contributed by atoms with Crippen LogP contribution in [0.1, 0.15) is 32.1 Å². The molecule has 4 atom stereocenters. The number of aliphatic hydroxyl groups is 2. The van der Waals surface area contributed by atoms with Crippen LogP contribution < -0.4 is 16.6 Å². The maximum atomic E-state index is 12.5. The lowest BCUT2D eigenvalue weighted by Gasteiger charge is -2.38. The number of nitrogens with one attached hydrogen (secondary N) is 1. The molecule has 170 valence electrons. The molecule has 1 saturated carbocycles. The number of ether oxygens (including phenoxy) is 1. The molecule has 31 heavy (non-hydrogen) atoms.